The summed E-state index contributed by atoms with van der Waals surface area (Å²) in [5.41, 5.74) is 2.07. The minimum absolute atomic E-state index is 0.556. The van der Waals surface area contributed by atoms with Gasteiger partial charge in [0.15, 0.2) is 0 Å². The van der Waals surface area contributed by atoms with Gasteiger partial charge in [-0.15, -0.1) is 0 Å². The summed E-state index contributed by atoms with van der Waals surface area (Å²) in [4.78, 5) is 8.78. The van der Waals surface area contributed by atoms with Crippen LogP contribution in [0, 0.1) is 5.92 Å². The molecule has 0 atom stereocenters. The maximum atomic E-state index is 5.81. The van der Waals surface area contributed by atoms with Crippen LogP contribution in [-0.4, -0.2) is 16.5 Å². The van der Waals surface area contributed by atoms with Crippen molar-refractivity contribution in [1.82, 2.24) is 9.97 Å². The van der Waals surface area contributed by atoms with Gasteiger partial charge in [-0.1, -0.05) is 44.2 Å². The van der Waals surface area contributed by atoms with Crippen LogP contribution in [0.5, 0.6) is 5.75 Å². The van der Waals surface area contributed by atoms with E-state index < -0.39 is 0 Å². The third-order valence-electron chi connectivity index (χ3n) is 4.04. The molecule has 1 aromatic heterocycles. The average Bonchev–Trinajstić information content (AvgIpc) is 2.68. The first-order valence-corrected chi connectivity index (χ1v) is 9.30. The van der Waals surface area contributed by atoms with Crippen molar-refractivity contribution in [2.75, 3.05) is 17.2 Å². The minimum Gasteiger partial charge on any atom is -0.489 e. The van der Waals surface area contributed by atoms with Gasteiger partial charge in [0, 0.05) is 18.4 Å². The van der Waals surface area contributed by atoms with E-state index in [2.05, 4.69) is 46.6 Å². The Labute approximate surface area is 160 Å². The zero-order valence-corrected chi connectivity index (χ0v) is 15.9. The van der Waals surface area contributed by atoms with E-state index in [9.17, 15) is 0 Å². The summed E-state index contributed by atoms with van der Waals surface area (Å²) in [7, 11) is 0. The lowest BCUT2D eigenvalue weighted by Gasteiger charge is -2.10. The first-order valence-electron chi connectivity index (χ1n) is 9.30. The number of rotatable bonds is 9. The smallest absolute Gasteiger partial charge is 0.229 e. The van der Waals surface area contributed by atoms with Gasteiger partial charge in [-0.25, -0.2) is 4.98 Å². The zero-order chi connectivity index (χ0) is 18.9. The van der Waals surface area contributed by atoms with Crippen molar-refractivity contribution in [3.63, 3.8) is 0 Å². The predicted octanol–water partition coefficient (Wildman–Crippen LogP) is 5.26. The summed E-state index contributed by atoms with van der Waals surface area (Å²) < 4.78 is 5.81. The summed E-state index contributed by atoms with van der Waals surface area (Å²) in [5.74, 6) is 2.90. The molecule has 1 heterocycles. The first-order chi connectivity index (χ1) is 13.2. The standard InChI is InChI=1S/C22H26N4O/c1-17(2)12-14-23-21-13-15-24-22(26-21)25-19-8-10-20(11-9-19)27-16-18-6-4-3-5-7-18/h3-11,13,15,17H,12,14,16H2,1-2H3,(H2,23,24,25,26). The number of nitrogens with one attached hydrogen (secondary N) is 2. The van der Waals surface area contributed by atoms with Gasteiger partial charge in [-0.2, -0.15) is 4.98 Å². The Balaban J connectivity index is 1.53. The van der Waals surface area contributed by atoms with Gasteiger partial charge in [0.2, 0.25) is 5.95 Å². The lowest BCUT2D eigenvalue weighted by atomic mass is 10.1. The molecule has 0 aliphatic rings. The third-order valence-corrected chi connectivity index (χ3v) is 4.04. The number of nitrogens with zero attached hydrogens (tertiary/aromatic N) is 2. The fourth-order valence-electron chi connectivity index (χ4n) is 2.51. The van der Waals surface area contributed by atoms with E-state index in [1.54, 1.807) is 6.20 Å². The van der Waals surface area contributed by atoms with Crippen LogP contribution in [0.3, 0.4) is 0 Å². The second kappa shape index (κ2) is 9.57. The molecule has 27 heavy (non-hydrogen) atoms. The number of benzene rings is 2. The van der Waals surface area contributed by atoms with Crippen LogP contribution >= 0.6 is 0 Å². The Morgan fingerprint density at radius 1 is 0.963 bits per heavy atom. The molecule has 0 fully saturated rings. The highest BCUT2D eigenvalue weighted by Crippen LogP contribution is 2.19. The van der Waals surface area contributed by atoms with E-state index in [0.29, 0.717) is 18.5 Å². The van der Waals surface area contributed by atoms with Crippen LogP contribution in [0.25, 0.3) is 0 Å². The van der Waals surface area contributed by atoms with Crippen LogP contribution in [0.1, 0.15) is 25.8 Å². The average molecular weight is 362 g/mol. The van der Waals surface area contributed by atoms with E-state index >= 15 is 0 Å². The lowest BCUT2D eigenvalue weighted by molar-refractivity contribution is 0.306. The molecule has 0 unspecified atom stereocenters. The number of hydrogen-bond donors (Lipinski definition) is 2. The summed E-state index contributed by atoms with van der Waals surface area (Å²) in [5, 5.41) is 6.56. The first kappa shape index (κ1) is 18.7. The van der Waals surface area contributed by atoms with Gasteiger partial charge in [-0.3, -0.25) is 0 Å². The number of anilines is 3. The second-order valence-electron chi connectivity index (χ2n) is 6.80. The van der Waals surface area contributed by atoms with E-state index in [1.807, 2.05) is 48.5 Å². The van der Waals surface area contributed by atoms with Crippen molar-refractivity contribution in [1.29, 1.82) is 0 Å². The van der Waals surface area contributed by atoms with E-state index in [-0.39, 0.29) is 0 Å². The number of ether oxygens (including phenoxy) is 1. The van der Waals surface area contributed by atoms with Crippen LogP contribution in [0.15, 0.2) is 66.9 Å². The van der Waals surface area contributed by atoms with Gasteiger partial charge in [0.1, 0.15) is 18.2 Å². The SMILES string of the molecule is CC(C)CCNc1ccnc(Nc2ccc(OCc3ccccc3)cc2)n1. The van der Waals surface area contributed by atoms with E-state index in [0.717, 1.165) is 35.8 Å². The van der Waals surface area contributed by atoms with Gasteiger partial charge in [0.25, 0.3) is 0 Å². The maximum Gasteiger partial charge on any atom is 0.229 e. The minimum atomic E-state index is 0.556. The van der Waals surface area contributed by atoms with E-state index in [4.69, 9.17) is 4.74 Å². The Hall–Kier alpha value is -3.08. The molecule has 5 heteroatoms. The highest BCUT2D eigenvalue weighted by atomic mass is 16.5. The normalized spacial score (nSPS) is 10.6. The van der Waals surface area contributed by atoms with Crippen molar-refractivity contribution in [3.05, 3.63) is 72.4 Å². The van der Waals surface area contributed by atoms with Crippen LogP contribution < -0.4 is 15.4 Å². The molecule has 0 amide bonds. The highest BCUT2D eigenvalue weighted by Gasteiger charge is 2.02. The molecule has 0 aliphatic carbocycles. The van der Waals surface area contributed by atoms with Gasteiger partial charge < -0.3 is 15.4 Å². The fourth-order valence-corrected chi connectivity index (χ4v) is 2.51. The molecule has 140 valence electrons. The van der Waals surface area contributed by atoms with Crippen molar-refractivity contribution in [2.45, 2.75) is 26.9 Å². The van der Waals surface area contributed by atoms with Crippen molar-refractivity contribution < 1.29 is 4.74 Å². The molecule has 3 rings (SSSR count). The summed E-state index contributed by atoms with van der Waals surface area (Å²) in [6.07, 6.45) is 2.86. The molecule has 2 N–H and O–H groups in total. The van der Waals surface area contributed by atoms with E-state index in [1.165, 1.54) is 0 Å². The molecule has 5 nitrogen and oxygen atoms in total. The Morgan fingerprint density at radius 2 is 1.74 bits per heavy atom. The largest absolute Gasteiger partial charge is 0.489 e. The van der Waals surface area contributed by atoms with Crippen molar-refractivity contribution >= 4 is 17.5 Å². The quantitative estimate of drug-likeness (QED) is 0.544. The third kappa shape index (κ3) is 6.29. The van der Waals surface area contributed by atoms with Crippen LogP contribution in [-0.2, 0) is 6.61 Å². The summed E-state index contributed by atoms with van der Waals surface area (Å²) in [6, 6.07) is 19.8. The summed E-state index contributed by atoms with van der Waals surface area (Å²) >= 11 is 0. The molecule has 0 aliphatic heterocycles. The molecule has 0 bridgehead atoms. The van der Waals surface area contributed by atoms with Gasteiger partial charge >= 0.3 is 0 Å². The Bertz CT molecular complexity index is 819. The topological polar surface area (TPSA) is 59.1 Å². The van der Waals surface area contributed by atoms with Crippen LogP contribution in [0.4, 0.5) is 17.5 Å². The maximum absolute atomic E-state index is 5.81. The Kier molecular flexibility index (Phi) is 6.63. The molecule has 0 saturated heterocycles. The van der Waals surface area contributed by atoms with Crippen molar-refractivity contribution in [3.8, 4) is 5.75 Å². The Morgan fingerprint density at radius 3 is 2.48 bits per heavy atom. The molecule has 0 spiro atoms. The monoisotopic (exact) mass is 362 g/mol. The predicted molar refractivity (Wildman–Crippen MR) is 110 cm³/mol. The molecular formula is C22H26N4O. The molecule has 2 aromatic carbocycles. The number of aromatic nitrogens is 2. The highest BCUT2D eigenvalue weighted by molar-refractivity contribution is 5.55. The van der Waals surface area contributed by atoms with Crippen molar-refractivity contribution in [2.24, 2.45) is 5.92 Å². The van der Waals surface area contributed by atoms with Gasteiger partial charge in [-0.05, 0) is 48.2 Å². The number of hydrogen-bond acceptors (Lipinski definition) is 5. The molecular weight excluding hydrogens is 336 g/mol. The zero-order valence-electron chi connectivity index (χ0n) is 15.9. The summed E-state index contributed by atoms with van der Waals surface area (Å²) in [6.45, 7) is 5.88. The van der Waals surface area contributed by atoms with Crippen LogP contribution in [0.2, 0.25) is 0 Å². The molecule has 3 aromatic rings. The fraction of sp³-hybridized carbons (Fsp3) is 0.273. The second-order valence-corrected chi connectivity index (χ2v) is 6.80. The molecule has 0 saturated carbocycles. The lowest BCUT2D eigenvalue weighted by Crippen LogP contribution is -2.07. The molecule has 0 radical (unpaired) electrons. The van der Waals surface area contributed by atoms with Gasteiger partial charge in [0.05, 0.1) is 0 Å².